The van der Waals surface area contributed by atoms with E-state index in [2.05, 4.69) is 25.9 Å². The number of aryl methyl sites for hydroxylation is 1. The summed E-state index contributed by atoms with van der Waals surface area (Å²) < 4.78 is 13.8. The van der Waals surface area contributed by atoms with Crippen LogP contribution in [0, 0.1) is 12.7 Å². The fraction of sp³-hybridized carbons (Fsp3) is 0.524. The number of guanidine groups is 1. The zero-order valence-corrected chi connectivity index (χ0v) is 20.5. The topological polar surface area (TPSA) is 52.6 Å². The maximum atomic E-state index is 13.8. The summed E-state index contributed by atoms with van der Waals surface area (Å²) in [6.07, 6.45) is 3.34. The maximum absolute atomic E-state index is 13.8. The van der Waals surface area contributed by atoms with Gasteiger partial charge in [-0.2, -0.15) is 0 Å². The molecule has 1 fully saturated rings. The normalized spacial score (nSPS) is 15.2. The van der Waals surface area contributed by atoms with Gasteiger partial charge < -0.3 is 15.5 Å². The van der Waals surface area contributed by atoms with Gasteiger partial charge in [-0.05, 0) is 50.8 Å². The number of nitrogens with one attached hydrogen (secondary N) is 2. The molecule has 1 unspecified atom stereocenters. The summed E-state index contributed by atoms with van der Waals surface area (Å²) in [7, 11) is 0. The number of thiazole rings is 1. The van der Waals surface area contributed by atoms with Crippen molar-refractivity contribution in [2.75, 3.05) is 31.1 Å². The van der Waals surface area contributed by atoms with Gasteiger partial charge in [-0.1, -0.05) is 12.1 Å². The lowest BCUT2D eigenvalue weighted by Crippen LogP contribution is -2.39. The van der Waals surface area contributed by atoms with Gasteiger partial charge in [0.25, 0.3) is 0 Å². The number of benzene rings is 1. The van der Waals surface area contributed by atoms with Crippen molar-refractivity contribution in [2.45, 2.75) is 46.1 Å². The molecular formula is C21H31FIN5S. The van der Waals surface area contributed by atoms with Crippen molar-refractivity contribution in [2.24, 2.45) is 4.99 Å². The van der Waals surface area contributed by atoms with Crippen LogP contribution in [0.4, 0.5) is 9.52 Å². The molecule has 29 heavy (non-hydrogen) atoms. The first-order chi connectivity index (χ1) is 13.6. The molecule has 0 spiro atoms. The van der Waals surface area contributed by atoms with Gasteiger partial charge in [0, 0.05) is 38.0 Å². The standard InChI is InChI=1S/C21H30FN5S.HI/c1-4-23-20(25-16(3)17-8-7-15(2)19(22)13-17)24-10-9-18-14-28-21(26-18)27-11-5-6-12-27;/h7-8,13-14,16H,4-6,9-12H2,1-3H3,(H2,23,24,25);1H. The van der Waals surface area contributed by atoms with E-state index in [1.54, 1.807) is 24.3 Å². The smallest absolute Gasteiger partial charge is 0.191 e. The van der Waals surface area contributed by atoms with E-state index in [-0.39, 0.29) is 35.8 Å². The second kappa shape index (κ2) is 11.7. The SMILES string of the molecule is CCNC(=NCCc1csc(N2CCCC2)n1)NC(C)c1ccc(C)c(F)c1.I. The highest BCUT2D eigenvalue weighted by molar-refractivity contribution is 14.0. The molecule has 1 aromatic heterocycles. The maximum Gasteiger partial charge on any atom is 0.191 e. The molecule has 0 radical (unpaired) electrons. The Morgan fingerprint density at radius 1 is 1.34 bits per heavy atom. The average molecular weight is 531 g/mol. The quantitative estimate of drug-likeness (QED) is 0.310. The lowest BCUT2D eigenvalue weighted by Gasteiger charge is -2.18. The van der Waals surface area contributed by atoms with Gasteiger partial charge in [-0.25, -0.2) is 9.37 Å². The first-order valence-electron chi connectivity index (χ1n) is 10.1. The van der Waals surface area contributed by atoms with Gasteiger partial charge >= 0.3 is 0 Å². The van der Waals surface area contributed by atoms with Crippen LogP contribution in [0.1, 0.15) is 49.6 Å². The van der Waals surface area contributed by atoms with Crippen LogP contribution in [0.25, 0.3) is 0 Å². The molecule has 1 aliphatic heterocycles. The molecule has 2 heterocycles. The molecule has 0 bridgehead atoms. The molecule has 0 aliphatic carbocycles. The van der Waals surface area contributed by atoms with Crippen molar-refractivity contribution in [1.82, 2.24) is 15.6 Å². The van der Waals surface area contributed by atoms with Gasteiger partial charge in [0.05, 0.1) is 11.7 Å². The number of anilines is 1. The molecule has 2 aromatic rings. The Hall–Kier alpha value is -1.42. The zero-order chi connectivity index (χ0) is 19.9. The van der Waals surface area contributed by atoms with E-state index in [1.165, 1.54) is 12.8 Å². The van der Waals surface area contributed by atoms with Gasteiger partial charge in [-0.3, -0.25) is 4.99 Å². The van der Waals surface area contributed by atoms with E-state index in [4.69, 9.17) is 4.98 Å². The van der Waals surface area contributed by atoms with Crippen LogP contribution in [-0.4, -0.2) is 37.1 Å². The zero-order valence-electron chi connectivity index (χ0n) is 17.4. The third-order valence-corrected chi connectivity index (χ3v) is 5.90. The van der Waals surface area contributed by atoms with Gasteiger partial charge in [0.15, 0.2) is 11.1 Å². The highest BCUT2D eigenvalue weighted by Crippen LogP contribution is 2.24. The Morgan fingerprint density at radius 2 is 2.10 bits per heavy atom. The summed E-state index contributed by atoms with van der Waals surface area (Å²) in [5.74, 6) is 0.566. The van der Waals surface area contributed by atoms with E-state index in [9.17, 15) is 4.39 Å². The lowest BCUT2D eigenvalue weighted by molar-refractivity contribution is 0.607. The summed E-state index contributed by atoms with van der Waals surface area (Å²) >= 11 is 1.73. The number of nitrogens with zero attached hydrogens (tertiary/aromatic N) is 3. The minimum atomic E-state index is -0.176. The van der Waals surface area contributed by atoms with E-state index < -0.39 is 0 Å². The Balaban J connectivity index is 0.00000300. The summed E-state index contributed by atoms with van der Waals surface area (Å²) in [6, 6.07) is 5.32. The van der Waals surface area contributed by atoms with Crippen molar-refractivity contribution in [3.05, 3.63) is 46.2 Å². The van der Waals surface area contributed by atoms with E-state index in [0.29, 0.717) is 12.1 Å². The summed E-state index contributed by atoms with van der Waals surface area (Å²) in [4.78, 5) is 11.8. The predicted molar refractivity (Wildman–Crippen MR) is 131 cm³/mol. The minimum absolute atomic E-state index is 0. The van der Waals surface area contributed by atoms with Crippen LogP contribution in [0.5, 0.6) is 0 Å². The average Bonchev–Trinajstić information content (AvgIpc) is 3.35. The minimum Gasteiger partial charge on any atom is -0.357 e. The summed E-state index contributed by atoms with van der Waals surface area (Å²) in [5.41, 5.74) is 2.66. The Morgan fingerprint density at radius 3 is 2.79 bits per heavy atom. The molecule has 2 N–H and O–H groups in total. The van der Waals surface area contributed by atoms with Crippen molar-refractivity contribution in [1.29, 1.82) is 0 Å². The van der Waals surface area contributed by atoms with Crippen molar-refractivity contribution in [3.63, 3.8) is 0 Å². The molecule has 3 rings (SSSR count). The van der Waals surface area contributed by atoms with Crippen LogP contribution in [0.3, 0.4) is 0 Å². The van der Waals surface area contributed by atoms with E-state index >= 15 is 0 Å². The monoisotopic (exact) mass is 531 g/mol. The number of hydrogen-bond acceptors (Lipinski definition) is 4. The molecule has 0 amide bonds. The number of rotatable bonds is 7. The Bertz CT molecular complexity index is 804. The number of hydrogen-bond donors (Lipinski definition) is 2. The highest BCUT2D eigenvalue weighted by Gasteiger charge is 2.15. The molecule has 1 saturated heterocycles. The number of aliphatic imine (C=N–C) groups is 1. The predicted octanol–water partition coefficient (Wildman–Crippen LogP) is 4.67. The molecule has 0 saturated carbocycles. The fourth-order valence-electron chi connectivity index (χ4n) is 3.23. The van der Waals surface area contributed by atoms with Gasteiger partial charge in [0.1, 0.15) is 5.82 Å². The van der Waals surface area contributed by atoms with E-state index in [1.807, 2.05) is 26.0 Å². The molecule has 160 valence electrons. The van der Waals surface area contributed by atoms with Crippen LogP contribution < -0.4 is 15.5 Å². The second-order valence-electron chi connectivity index (χ2n) is 7.20. The van der Waals surface area contributed by atoms with Crippen molar-refractivity contribution >= 4 is 46.4 Å². The lowest BCUT2D eigenvalue weighted by atomic mass is 10.1. The van der Waals surface area contributed by atoms with Crippen LogP contribution in [-0.2, 0) is 6.42 Å². The first-order valence-corrected chi connectivity index (χ1v) is 10.9. The summed E-state index contributed by atoms with van der Waals surface area (Å²) in [6.45, 7) is 9.50. The summed E-state index contributed by atoms with van der Waals surface area (Å²) in [5, 5.41) is 9.90. The third kappa shape index (κ3) is 6.80. The highest BCUT2D eigenvalue weighted by atomic mass is 127. The fourth-order valence-corrected chi connectivity index (χ4v) is 4.15. The molecule has 1 aromatic carbocycles. The van der Waals surface area contributed by atoms with E-state index in [0.717, 1.165) is 48.4 Å². The van der Waals surface area contributed by atoms with Crippen LogP contribution in [0.2, 0.25) is 0 Å². The molecule has 8 heteroatoms. The van der Waals surface area contributed by atoms with Crippen molar-refractivity contribution < 1.29 is 4.39 Å². The molecule has 5 nitrogen and oxygen atoms in total. The number of halogens is 2. The van der Waals surface area contributed by atoms with Crippen LogP contribution in [0.15, 0.2) is 28.6 Å². The van der Waals surface area contributed by atoms with Gasteiger partial charge in [0.2, 0.25) is 0 Å². The largest absolute Gasteiger partial charge is 0.357 e. The molecule has 1 atom stereocenters. The van der Waals surface area contributed by atoms with Gasteiger partial charge in [-0.15, -0.1) is 35.3 Å². The molecular weight excluding hydrogens is 500 g/mol. The van der Waals surface area contributed by atoms with Crippen LogP contribution >= 0.6 is 35.3 Å². The third-order valence-electron chi connectivity index (χ3n) is 4.95. The Labute approximate surface area is 194 Å². The first kappa shape index (κ1) is 23.9. The second-order valence-corrected chi connectivity index (χ2v) is 8.04. The molecule has 1 aliphatic rings. The Kier molecular flexibility index (Phi) is 9.61. The van der Waals surface area contributed by atoms with Crippen molar-refractivity contribution in [3.8, 4) is 0 Å². The number of aromatic nitrogens is 1.